The van der Waals surface area contributed by atoms with Gasteiger partial charge in [-0.15, -0.1) is 0 Å². The van der Waals surface area contributed by atoms with Crippen LogP contribution in [0, 0.1) is 6.92 Å². The highest BCUT2D eigenvalue weighted by Gasteiger charge is 2.08. The highest BCUT2D eigenvalue weighted by Crippen LogP contribution is 2.28. The van der Waals surface area contributed by atoms with E-state index in [1.165, 1.54) is 13.2 Å². The second kappa shape index (κ2) is 7.70. The number of rotatable bonds is 6. The van der Waals surface area contributed by atoms with E-state index in [2.05, 4.69) is 5.32 Å². The fraction of sp³-hybridized carbons (Fsp3) is 0.167. The number of ketones is 1. The van der Waals surface area contributed by atoms with Crippen LogP contribution >= 0.6 is 11.6 Å². The van der Waals surface area contributed by atoms with Crippen LogP contribution in [0.15, 0.2) is 48.7 Å². The van der Waals surface area contributed by atoms with Gasteiger partial charge in [-0.3, -0.25) is 4.79 Å². The number of anilines is 1. The second-order valence-corrected chi connectivity index (χ2v) is 5.30. The molecule has 23 heavy (non-hydrogen) atoms. The Morgan fingerprint density at radius 1 is 1.09 bits per heavy atom. The lowest BCUT2D eigenvalue weighted by atomic mass is 10.1. The van der Waals surface area contributed by atoms with Crippen molar-refractivity contribution in [2.45, 2.75) is 6.92 Å². The SMILES string of the molecule is COc1ccc(C(=O)C=CNc2cc(C)ccc2Cl)cc1OC. The van der Waals surface area contributed by atoms with Crippen molar-refractivity contribution in [1.82, 2.24) is 0 Å². The van der Waals surface area contributed by atoms with Gasteiger partial charge in [-0.25, -0.2) is 0 Å². The van der Waals surface area contributed by atoms with Gasteiger partial charge in [-0.05, 0) is 42.8 Å². The summed E-state index contributed by atoms with van der Waals surface area (Å²) >= 11 is 6.09. The van der Waals surface area contributed by atoms with Crippen molar-refractivity contribution >= 4 is 23.1 Å². The summed E-state index contributed by atoms with van der Waals surface area (Å²) in [6.07, 6.45) is 3.01. The van der Waals surface area contributed by atoms with Gasteiger partial charge in [0.15, 0.2) is 17.3 Å². The molecule has 0 unspecified atom stereocenters. The molecule has 0 saturated heterocycles. The Morgan fingerprint density at radius 2 is 1.83 bits per heavy atom. The predicted molar refractivity (Wildman–Crippen MR) is 92.8 cm³/mol. The summed E-state index contributed by atoms with van der Waals surface area (Å²) < 4.78 is 10.3. The van der Waals surface area contributed by atoms with Gasteiger partial charge in [0.1, 0.15) is 0 Å². The summed E-state index contributed by atoms with van der Waals surface area (Å²) in [7, 11) is 3.08. The number of hydrogen-bond acceptors (Lipinski definition) is 4. The van der Waals surface area contributed by atoms with Crippen molar-refractivity contribution in [1.29, 1.82) is 0 Å². The van der Waals surface area contributed by atoms with Crippen molar-refractivity contribution in [2.24, 2.45) is 0 Å². The van der Waals surface area contributed by atoms with Crippen molar-refractivity contribution in [3.63, 3.8) is 0 Å². The van der Waals surface area contributed by atoms with Crippen LogP contribution in [0.2, 0.25) is 5.02 Å². The van der Waals surface area contributed by atoms with Gasteiger partial charge in [-0.1, -0.05) is 17.7 Å². The molecule has 0 aromatic heterocycles. The zero-order valence-electron chi connectivity index (χ0n) is 13.2. The molecule has 0 spiro atoms. The highest BCUT2D eigenvalue weighted by atomic mass is 35.5. The van der Waals surface area contributed by atoms with Gasteiger partial charge < -0.3 is 14.8 Å². The molecule has 4 nitrogen and oxygen atoms in total. The standard InChI is InChI=1S/C18H18ClNO3/c1-12-4-6-14(19)15(10-12)20-9-8-16(21)13-5-7-17(22-2)18(11-13)23-3/h4-11,20H,1-3H3. The van der Waals surface area contributed by atoms with E-state index >= 15 is 0 Å². The number of aryl methyl sites for hydroxylation is 1. The van der Waals surface area contributed by atoms with Crippen LogP contribution in [0.1, 0.15) is 15.9 Å². The summed E-state index contributed by atoms with van der Waals surface area (Å²) in [6, 6.07) is 10.7. The Morgan fingerprint density at radius 3 is 2.52 bits per heavy atom. The van der Waals surface area contributed by atoms with Gasteiger partial charge in [0.25, 0.3) is 0 Å². The number of halogens is 1. The Kier molecular flexibility index (Phi) is 5.66. The number of hydrogen-bond donors (Lipinski definition) is 1. The summed E-state index contributed by atoms with van der Waals surface area (Å²) in [4.78, 5) is 12.2. The van der Waals surface area contributed by atoms with Crippen LogP contribution in [-0.2, 0) is 0 Å². The highest BCUT2D eigenvalue weighted by molar-refractivity contribution is 6.33. The number of ether oxygens (including phenoxy) is 2. The molecule has 0 aliphatic rings. The molecule has 0 aliphatic carbocycles. The lowest BCUT2D eigenvalue weighted by Gasteiger charge is -2.08. The van der Waals surface area contributed by atoms with E-state index in [-0.39, 0.29) is 5.78 Å². The maximum Gasteiger partial charge on any atom is 0.187 e. The van der Waals surface area contributed by atoms with Gasteiger partial charge in [-0.2, -0.15) is 0 Å². The molecule has 2 rings (SSSR count). The summed E-state index contributed by atoms with van der Waals surface area (Å²) in [5, 5.41) is 3.61. The van der Waals surface area contributed by atoms with E-state index in [1.807, 2.05) is 25.1 Å². The first-order chi connectivity index (χ1) is 11.0. The van der Waals surface area contributed by atoms with Crippen LogP contribution in [-0.4, -0.2) is 20.0 Å². The third kappa shape index (κ3) is 4.27. The fourth-order valence-electron chi connectivity index (χ4n) is 2.04. The number of allylic oxidation sites excluding steroid dienone is 1. The van der Waals surface area contributed by atoms with Crippen molar-refractivity contribution in [3.05, 3.63) is 64.8 Å². The Labute approximate surface area is 140 Å². The van der Waals surface area contributed by atoms with Crippen LogP contribution in [0.25, 0.3) is 0 Å². The molecular formula is C18H18ClNO3. The molecular weight excluding hydrogens is 314 g/mol. The van der Waals surface area contributed by atoms with Gasteiger partial charge in [0, 0.05) is 17.8 Å². The zero-order valence-corrected chi connectivity index (χ0v) is 14.0. The van der Waals surface area contributed by atoms with E-state index < -0.39 is 0 Å². The average Bonchev–Trinajstić information content (AvgIpc) is 2.57. The first kappa shape index (κ1) is 16.9. The molecule has 2 aromatic rings. The molecule has 0 heterocycles. The minimum atomic E-state index is -0.151. The minimum absolute atomic E-state index is 0.151. The quantitative estimate of drug-likeness (QED) is 0.626. The first-order valence-electron chi connectivity index (χ1n) is 7.00. The van der Waals surface area contributed by atoms with Gasteiger partial charge in [0.2, 0.25) is 0 Å². The number of carbonyl (C=O) groups is 1. The minimum Gasteiger partial charge on any atom is -0.493 e. The molecule has 5 heteroatoms. The van der Waals surface area contributed by atoms with E-state index in [4.69, 9.17) is 21.1 Å². The normalized spacial score (nSPS) is 10.6. The number of carbonyl (C=O) groups excluding carboxylic acids is 1. The Bertz CT molecular complexity index is 741. The number of nitrogens with one attached hydrogen (secondary N) is 1. The summed E-state index contributed by atoms with van der Waals surface area (Å²) in [5.74, 6) is 0.946. The third-order valence-corrected chi connectivity index (χ3v) is 3.59. The van der Waals surface area contributed by atoms with E-state index in [1.54, 1.807) is 31.5 Å². The lowest BCUT2D eigenvalue weighted by molar-refractivity contribution is 0.104. The van der Waals surface area contributed by atoms with Crippen LogP contribution in [0.3, 0.4) is 0 Å². The van der Waals surface area contributed by atoms with Crippen LogP contribution in [0.5, 0.6) is 11.5 Å². The first-order valence-corrected chi connectivity index (χ1v) is 7.38. The smallest absolute Gasteiger partial charge is 0.187 e. The largest absolute Gasteiger partial charge is 0.493 e. The molecule has 0 aliphatic heterocycles. The fourth-order valence-corrected chi connectivity index (χ4v) is 2.21. The molecule has 0 radical (unpaired) electrons. The van der Waals surface area contributed by atoms with Gasteiger partial charge >= 0.3 is 0 Å². The van der Waals surface area contributed by atoms with Crippen molar-refractivity contribution in [3.8, 4) is 11.5 Å². The maximum absolute atomic E-state index is 12.2. The lowest BCUT2D eigenvalue weighted by Crippen LogP contribution is -1.99. The number of benzene rings is 2. The summed E-state index contributed by atoms with van der Waals surface area (Å²) in [6.45, 7) is 1.97. The van der Waals surface area contributed by atoms with Crippen LogP contribution < -0.4 is 14.8 Å². The second-order valence-electron chi connectivity index (χ2n) is 4.89. The van der Waals surface area contributed by atoms with E-state index in [9.17, 15) is 4.79 Å². The predicted octanol–water partition coefficient (Wildman–Crippen LogP) is 4.47. The molecule has 0 bridgehead atoms. The van der Waals surface area contributed by atoms with Crippen molar-refractivity contribution in [2.75, 3.05) is 19.5 Å². The molecule has 0 atom stereocenters. The van der Waals surface area contributed by atoms with E-state index in [0.717, 1.165) is 11.3 Å². The molecule has 120 valence electrons. The molecule has 2 aromatic carbocycles. The third-order valence-electron chi connectivity index (χ3n) is 3.26. The maximum atomic E-state index is 12.2. The Hall–Kier alpha value is -2.46. The van der Waals surface area contributed by atoms with Crippen molar-refractivity contribution < 1.29 is 14.3 Å². The molecule has 0 amide bonds. The molecule has 0 fully saturated rings. The number of methoxy groups -OCH3 is 2. The monoisotopic (exact) mass is 331 g/mol. The zero-order chi connectivity index (χ0) is 16.8. The van der Waals surface area contributed by atoms with E-state index in [0.29, 0.717) is 22.1 Å². The van der Waals surface area contributed by atoms with Gasteiger partial charge in [0.05, 0.1) is 24.9 Å². The topological polar surface area (TPSA) is 47.6 Å². The van der Waals surface area contributed by atoms with Crippen LogP contribution in [0.4, 0.5) is 5.69 Å². The molecule has 1 N–H and O–H groups in total. The molecule has 0 saturated carbocycles. The summed E-state index contributed by atoms with van der Waals surface area (Å²) in [5.41, 5.74) is 2.34. The average molecular weight is 332 g/mol. The Balaban J connectivity index is 2.11.